The Labute approximate surface area is 281 Å². The highest BCUT2D eigenvalue weighted by Gasteiger charge is 2.26. The zero-order valence-electron chi connectivity index (χ0n) is 26.3. The molecule has 49 heavy (non-hydrogen) atoms. The van der Waals surface area contributed by atoms with E-state index < -0.39 is 0 Å². The van der Waals surface area contributed by atoms with E-state index in [-0.39, 0.29) is 6.17 Å². The number of rotatable bonds is 4. The fourth-order valence-electron chi connectivity index (χ4n) is 7.12. The van der Waals surface area contributed by atoms with Crippen molar-refractivity contribution in [3.63, 3.8) is 0 Å². The van der Waals surface area contributed by atoms with Crippen molar-refractivity contribution in [1.29, 1.82) is 0 Å². The molecule has 5 heteroatoms. The second-order valence-electron chi connectivity index (χ2n) is 12.5. The Morgan fingerprint density at radius 1 is 0.551 bits per heavy atom. The van der Waals surface area contributed by atoms with Gasteiger partial charge in [0.15, 0.2) is 11.4 Å². The Kier molecular flexibility index (Phi) is 6.18. The van der Waals surface area contributed by atoms with Crippen molar-refractivity contribution in [1.82, 2.24) is 10.3 Å². The van der Waals surface area contributed by atoms with Crippen LogP contribution < -0.4 is 5.32 Å². The van der Waals surface area contributed by atoms with Gasteiger partial charge >= 0.3 is 0 Å². The molecule has 0 aliphatic carbocycles. The summed E-state index contributed by atoms with van der Waals surface area (Å²) in [6, 6.07) is 52.6. The number of benzene rings is 7. The third kappa shape index (κ3) is 4.59. The number of aliphatic imine (C=N–C) groups is 2. The molecule has 1 N–H and O–H groups in total. The van der Waals surface area contributed by atoms with Gasteiger partial charge in [-0.05, 0) is 56.1 Å². The molecular weight excluding hydrogens is 601 g/mol. The van der Waals surface area contributed by atoms with Crippen LogP contribution >= 0.6 is 0 Å². The predicted octanol–water partition coefficient (Wildman–Crippen LogP) is 10.6. The highest BCUT2D eigenvalue weighted by molar-refractivity contribution is 6.24. The fraction of sp³-hybridized carbons (Fsp3) is 0.0227. The van der Waals surface area contributed by atoms with Gasteiger partial charge in [0.1, 0.15) is 23.3 Å². The van der Waals surface area contributed by atoms with Crippen LogP contribution in [-0.4, -0.2) is 16.7 Å². The molecular formula is C44H28N4O. The molecule has 5 nitrogen and oxygen atoms in total. The van der Waals surface area contributed by atoms with Crippen molar-refractivity contribution in [3.8, 4) is 11.3 Å². The van der Waals surface area contributed by atoms with Crippen molar-refractivity contribution in [2.45, 2.75) is 6.17 Å². The van der Waals surface area contributed by atoms with Gasteiger partial charge in [0, 0.05) is 33.7 Å². The molecule has 1 aliphatic rings. The maximum atomic E-state index is 6.80. The van der Waals surface area contributed by atoms with E-state index in [1.807, 2.05) is 42.6 Å². The molecule has 0 fully saturated rings. The van der Waals surface area contributed by atoms with E-state index in [0.29, 0.717) is 5.84 Å². The molecule has 0 saturated heterocycles. The number of nitrogens with zero attached hydrogens (tertiary/aromatic N) is 3. The Bertz CT molecular complexity index is 2800. The average Bonchev–Trinajstić information content (AvgIpc) is 3.55. The summed E-state index contributed by atoms with van der Waals surface area (Å²) in [5.74, 6) is 1.37. The van der Waals surface area contributed by atoms with E-state index in [2.05, 4.69) is 121 Å². The van der Waals surface area contributed by atoms with Crippen molar-refractivity contribution >= 4 is 65.9 Å². The monoisotopic (exact) mass is 628 g/mol. The molecule has 2 aromatic heterocycles. The van der Waals surface area contributed by atoms with Crippen LogP contribution in [0, 0.1) is 0 Å². The number of hydrogen-bond acceptors (Lipinski definition) is 5. The van der Waals surface area contributed by atoms with Gasteiger partial charge in [-0.1, -0.05) is 133 Å². The number of nitrogens with one attached hydrogen (secondary N) is 1. The minimum absolute atomic E-state index is 0.326. The third-order valence-electron chi connectivity index (χ3n) is 9.53. The van der Waals surface area contributed by atoms with Gasteiger partial charge in [0.05, 0.1) is 0 Å². The molecule has 1 unspecified atom stereocenters. The number of furan rings is 1. The molecule has 0 spiro atoms. The normalized spacial score (nSPS) is 14.7. The summed E-state index contributed by atoms with van der Waals surface area (Å²) in [4.78, 5) is 15.5. The topological polar surface area (TPSA) is 62.8 Å². The smallest absolute Gasteiger partial charge is 0.162 e. The molecule has 10 rings (SSSR count). The standard InChI is InChI=1S/C44H28N4O/c1-3-12-28(13-4-1)42-46-43(29-14-5-2-6-15-29)48-44(47-42)37-26-45-40(33-21-22-35-32(23-33)20-19-27-11-9-10-18-34(27)35)41-39(37)36-24-30-16-7-8-17-31(30)25-38(36)49-41/h1-26,42H,(H,46,47,48). The zero-order valence-corrected chi connectivity index (χ0v) is 26.3. The van der Waals surface area contributed by atoms with E-state index >= 15 is 0 Å². The largest absolute Gasteiger partial charge is 0.454 e. The average molecular weight is 629 g/mol. The summed E-state index contributed by atoms with van der Waals surface area (Å²) >= 11 is 0. The van der Waals surface area contributed by atoms with Gasteiger partial charge in [-0.15, -0.1) is 0 Å². The van der Waals surface area contributed by atoms with Gasteiger partial charge in [-0.3, -0.25) is 4.98 Å². The first-order chi connectivity index (χ1) is 24.3. The van der Waals surface area contributed by atoms with Gasteiger partial charge in [0.25, 0.3) is 0 Å². The second kappa shape index (κ2) is 11.0. The lowest BCUT2D eigenvalue weighted by atomic mass is 9.97. The van der Waals surface area contributed by atoms with Crippen LogP contribution in [0.2, 0.25) is 0 Å². The Hall–Kier alpha value is -6.59. The molecule has 0 radical (unpaired) electrons. The van der Waals surface area contributed by atoms with Crippen LogP contribution in [0.3, 0.4) is 0 Å². The van der Waals surface area contributed by atoms with Gasteiger partial charge in [-0.25, -0.2) is 9.98 Å². The molecule has 3 heterocycles. The molecule has 1 aliphatic heterocycles. The van der Waals surface area contributed by atoms with Gasteiger partial charge in [0.2, 0.25) is 0 Å². The van der Waals surface area contributed by atoms with Gasteiger partial charge in [-0.2, -0.15) is 0 Å². The molecule has 0 bridgehead atoms. The van der Waals surface area contributed by atoms with E-state index in [1.165, 1.54) is 16.2 Å². The quantitative estimate of drug-likeness (QED) is 0.197. The summed E-state index contributed by atoms with van der Waals surface area (Å²) in [5, 5.41) is 12.6. The summed E-state index contributed by atoms with van der Waals surface area (Å²) in [6.07, 6.45) is 1.60. The number of fused-ring (bicyclic) bond motifs is 7. The first kappa shape index (κ1) is 27.5. The summed E-state index contributed by atoms with van der Waals surface area (Å²) < 4.78 is 6.80. The highest BCUT2D eigenvalue weighted by atomic mass is 16.3. The van der Waals surface area contributed by atoms with Crippen LogP contribution in [0.1, 0.15) is 22.9 Å². The van der Waals surface area contributed by atoms with Crippen LogP contribution in [0.15, 0.2) is 172 Å². The molecule has 0 saturated carbocycles. The van der Waals surface area contributed by atoms with E-state index in [9.17, 15) is 0 Å². The van der Waals surface area contributed by atoms with Crippen molar-refractivity contribution in [2.75, 3.05) is 0 Å². The van der Waals surface area contributed by atoms with Crippen LogP contribution in [0.5, 0.6) is 0 Å². The predicted molar refractivity (Wildman–Crippen MR) is 201 cm³/mol. The molecule has 230 valence electrons. The molecule has 1 atom stereocenters. The molecule has 9 aromatic rings. The lowest BCUT2D eigenvalue weighted by Crippen LogP contribution is -2.33. The minimum Gasteiger partial charge on any atom is -0.454 e. The number of amidine groups is 2. The van der Waals surface area contributed by atoms with Crippen molar-refractivity contribution in [2.24, 2.45) is 9.98 Å². The molecule has 0 amide bonds. The first-order valence-corrected chi connectivity index (χ1v) is 16.5. The van der Waals surface area contributed by atoms with E-state index in [0.717, 1.165) is 71.9 Å². The van der Waals surface area contributed by atoms with Crippen LogP contribution in [-0.2, 0) is 0 Å². The lowest BCUT2D eigenvalue weighted by Gasteiger charge is -2.23. The fourth-order valence-corrected chi connectivity index (χ4v) is 7.12. The molecule has 7 aromatic carbocycles. The Morgan fingerprint density at radius 2 is 1.24 bits per heavy atom. The number of pyridine rings is 1. The summed E-state index contributed by atoms with van der Waals surface area (Å²) in [5.41, 5.74) is 6.17. The van der Waals surface area contributed by atoms with Crippen molar-refractivity contribution < 1.29 is 4.42 Å². The minimum atomic E-state index is -0.326. The summed E-state index contributed by atoms with van der Waals surface area (Å²) in [7, 11) is 0. The maximum absolute atomic E-state index is 6.80. The number of aromatic nitrogens is 1. The Balaban J connectivity index is 1.23. The van der Waals surface area contributed by atoms with Crippen LogP contribution in [0.4, 0.5) is 0 Å². The maximum Gasteiger partial charge on any atom is 0.162 e. The SMILES string of the molecule is c1ccc(C2=NC(c3cnc(-c4ccc5c(ccc6ccccc65)c4)c4oc5cc6ccccc6cc5c34)=NC(c3ccccc3)N2)cc1. The zero-order chi connectivity index (χ0) is 32.3. The third-order valence-corrected chi connectivity index (χ3v) is 9.53. The second-order valence-corrected chi connectivity index (χ2v) is 12.5. The number of hydrogen-bond donors (Lipinski definition) is 1. The van der Waals surface area contributed by atoms with E-state index in [1.54, 1.807) is 0 Å². The Morgan fingerprint density at radius 3 is 2.08 bits per heavy atom. The summed E-state index contributed by atoms with van der Waals surface area (Å²) in [6.45, 7) is 0. The lowest BCUT2D eigenvalue weighted by molar-refractivity contribution is 0.668. The van der Waals surface area contributed by atoms with E-state index in [4.69, 9.17) is 19.4 Å². The first-order valence-electron chi connectivity index (χ1n) is 16.5. The van der Waals surface area contributed by atoms with Gasteiger partial charge < -0.3 is 9.73 Å². The van der Waals surface area contributed by atoms with Crippen molar-refractivity contribution in [3.05, 3.63) is 175 Å². The highest BCUT2D eigenvalue weighted by Crippen LogP contribution is 2.40. The van der Waals surface area contributed by atoms with Crippen LogP contribution in [0.25, 0.3) is 65.5 Å².